The Morgan fingerprint density at radius 1 is 1.15 bits per heavy atom. The van der Waals surface area contributed by atoms with Crippen LogP contribution >= 0.6 is 11.3 Å². The van der Waals surface area contributed by atoms with Gasteiger partial charge in [-0.15, -0.1) is 11.3 Å². The Morgan fingerprint density at radius 3 is 2.58 bits per heavy atom. The van der Waals surface area contributed by atoms with Gasteiger partial charge in [-0.1, -0.05) is 33.8 Å². The average molecular weight is 914 g/mol. The van der Waals surface area contributed by atoms with Gasteiger partial charge in [0.25, 0.3) is 5.91 Å². The fourth-order valence-corrected chi connectivity index (χ4v) is 10.8. The van der Waals surface area contributed by atoms with E-state index in [1.165, 1.54) is 26.1 Å². The topological polar surface area (TPSA) is 175 Å². The molecule has 65 heavy (non-hydrogen) atoms. The molecule has 2 saturated heterocycles. The highest BCUT2D eigenvalue weighted by Gasteiger charge is 2.47. The third kappa shape index (κ3) is 10.0. The highest BCUT2D eigenvalue weighted by atomic mass is 32.1. The van der Waals surface area contributed by atoms with Gasteiger partial charge in [0, 0.05) is 73.8 Å². The van der Waals surface area contributed by atoms with Crippen molar-refractivity contribution in [3.05, 3.63) is 58.2 Å². The summed E-state index contributed by atoms with van der Waals surface area (Å²) < 4.78 is 14.7. The number of benzene rings is 1. The molecule has 0 spiro atoms. The van der Waals surface area contributed by atoms with Gasteiger partial charge in [-0.3, -0.25) is 19.6 Å². The number of rotatable bonds is 11. The summed E-state index contributed by atoms with van der Waals surface area (Å²) in [6, 6.07) is 8.09. The number of aliphatic hydroxyl groups is 1. The van der Waals surface area contributed by atoms with Crippen LogP contribution in [-0.2, 0) is 43.2 Å². The van der Waals surface area contributed by atoms with E-state index in [1.807, 2.05) is 51.2 Å². The number of aryl methyl sites for hydroxylation is 1. The zero-order valence-corrected chi connectivity index (χ0v) is 40.5. The molecule has 6 bridgehead atoms. The molecule has 6 heterocycles. The van der Waals surface area contributed by atoms with Gasteiger partial charge in [0.2, 0.25) is 5.91 Å². The third-order valence-corrected chi connectivity index (χ3v) is 13.9. The standard InChI is InChI=1S/C48H67N9O7S/c1-11-56-38-16-15-32-20-34(38)35(42(56)33-14-12-18-49-40(33)31(4)63-10)22-46(5,6)28-64-29-47(27-58)17-13-19-57(52-47)44(60)36(21-39-50-37(32)23-65-39)51-43(59)41(30(2)3)54(9)45(61)55-25-48(62,26-55)24-53(7)8/h12,14-16,18,20,23,27,30-31,36,41,52,62H,11,13,17,19,21-22,24-26,28-29H2,1-10H3,(H,51,59)/t31-,36-,41-,47?/m0/s1. The van der Waals surface area contributed by atoms with Crippen molar-refractivity contribution in [2.75, 3.05) is 67.6 Å². The van der Waals surface area contributed by atoms with Crippen LogP contribution in [0.25, 0.3) is 33.4 Å². The lowest BCUT2D eigenvalue weighted by molar-refractivity contribution is -0.147. The second-order valence-corrected chi connectivity index (χ2v) is 20.7. The van der Waals surface area contributed by atoms with Gasteiger partial charge in [-0.2, -0.15) is 0 Å². The second-order valence-electron chi connectivity index (χ2n) is 19.7. The van der Waals surface area contributed by atoms with Gasteiger partial charge in [0.05, 0.1) is 54.5 Å². The molecule has 17 heteroatoms. The first-order valence-electron chi connectivity index (χ1n) is 22.7. The average Bonchev–Trinajstić information content (AvgIpc) is 3.85. The van der Waals surface area contributed by atoms with E-state index in [9.17, 15) is 24.3 Å². The monoisotopic (exact) mass is 913 g/mol. The minimum atomic E-state index is -1.18. The molecule has 4 amide bonds. The maximum absolute atomic E-state index is 14.7. The van der Waals surface area contributed by atoms with Crippen LogP contribution in [-0.4, -0.2) is 154 Å². The van der Waals surface area contributed by atoms with Gasteiger partial charge in [-0.25, -0.2) is 15.2 Å². The van der Waals surface area contributed by atoms with Gasteiger partial charge in [0.1, 0.15) is 29.5 Å². The number of urea groups is 1. The fraction of sp³-hybridized carbons (Fsp3) is 0.583. The molecular weight excluding hydrogens is 847 g/mol. The van der Waals surface area contributed by atoms with Gasteiger partial charge in [-0.05, 0) is 88.4 Å². The van der Waals surface area contributed by atoms with E-state index in [-0.39, 0.29) is 44.2 Å². The third-order valence-electron chi connectivity index (χ3n) is 13.0. The van der Waals surface area contributed by atoms with Crippen LogP contribution in [0.3, 0.4) is 0 Å². The van der Waals surface area contributed by atoms with Crippen molar-refractivity contribution < 1.29 is 33.8 Å². The number of ether oxygens (including phenoxy) is 2. The summed E-state index contributed by atoms with van der Waals surface area (Å²) in [5.74, 6) is -1.24. The molecule has 0 radical (unpaired) electrons. The number of aromatic nitrogens is 3. The molecule has 3 aliphatic heterocycles. The molecule has 0 aliphatic carbocycles. The maximum Gasteiger partial charge on any atom is 0.320 e. The number of carbonyl (C=O) groups excluding carboxylic acids is 4. The Bertz CT molecular complexity index is 2390. The van der Waals surface area contributed by atoms with Crippen LogP contribution in [0.15, 0.2) is 41.9 Å². The van der Waals surface area contributed by atoms with E-state index in [1.54, 1.807) is 20.4 Å². The second kappa shape index (κ2) is 19.2. The summed E-state index contributed by atoms with van der Waals surface area (Å²) in [6.45, 7) is 14.3. The number of carbonyl (C=O) groups is 4. The number of likely N-dealkylation sites (N-methyl/N-ethyl adjacent to an activating group) is 2. The Morgan fingerprint density at radius 2 is 1.91 bits per heavy atom. The Balaban J connectivity index is 1.27. The molecule has 4 atom stereocenters. The number of pyridine rings is 1. The first kappa shape index (κ1) is 48.2. The largest absolute Gasteiger partial charge is 0.385 e. The number of aldehydes is 1. The molecule has 16 nitrogen and oxygen atoms in total. The Hall–Kier alpha value is -4.78. The molecule has 3 aromatic heterocycles. The number of likely N-dealkylation sites (tertiary alicyclic amines) is 1. The molecule has 1 aromatic carbocycles. The van der Waals surface area contributed by atoms with E-state index in [0.29, 0.717) is 50.5 Å². The molecule has 7 rings (SSSR count). The van der Waals surface area contributed by atoms with Crippen molar-refractivity contribution in [3.63, 3.8) is 0 Å². The number of β-amino-alcohol motifs (C(OH)–C–C–N with tert-alkyl or cyclic N) is 1. The van der Waals surface area contributed by atoms with E-state index in [0.717, 1.165) is 51.0 Å². The predicted octanol–water partition coefficient (Wildman–Crippen LogP) is 4.93. The number of fused-ring (bicyclic) bond motifs is 6. The number of hydrazine groups is 1. The molecule has 3 N–H and O–H groups in total. The number of methoxy groups -OCH3 is 1. The first-order chi connectivity index (χ1) is 30.8. The minimum absolute atomic E-state index is 0.0326. The van der Waals surface area contributed by atoms with Crippen molar-refractivity contribution in [1.82, 2.24) is 45.0 Å². The lowest BCUT2D eigenvalue weighted by Gasteiger charge is -2.49. The number of thiazole rings is 1. The molecular formula is C48H67N9O7S. The molecule has 2 fully saturated rings. The van der Waals surface area contributed by atoms with Crippen LogP contribution in [0, 0.1) is 11.3 Å². The van der Waals surface area contributed by atoms with Crippen molar-refractivity contribution in [1.29, 1.82) is 0 Å². The summed E-state index contributed by atoms with van der Waals surface area (Å²) in [7, 11) is 7.00. The zero-order chi connectivity index (χ0) is 47.0. The van der Waals surface area contributed by atoms with Crippen LogP contribution in [0.4, 0.5) is 4.79 Å². The van der Waals surface area contributed by atoms with Crippen molar-refractivity contribution in [2.24, 2.45) is 11.3 Å². The zero-order valence-electron chi connectivity index (χ0n) is 39.6. The summed E-state index contributed by atoms with van der Waals surface area (Å²) in [6.07, 6.45) is 4.09. The summed E-state index contributed by atoms with van der Waals surface area (Å²) in [5, 5.41) is 19.1. The summed E-state index contributed by atoms with van der Waals surface area (Å²) >= 11 is 1.41. The van der Waals surface area contributed by atoms with E-state index >= 15 is 0 Å². The van der Waals surface area contributed by atoms with E-state index in [4.69, 9.17) is 19.4 Å². The fourth-order valence-electron chi connectivity index (χ4n) is 9.93. The highest BCUT2D eigenvalue weighted by molar-refractivity contribution is 7.10. The molecule has 4 aromatic rings. The minimum Gasteiger partial charge on any atom is -0.385 e. The predicted molar refractivity (Wildman–Crippen MR) is 251 cm³/mol. The molecule has 352 valence electrons. The SMILES string of the molecule is CCn1c(-c2cccnc2[C@H](C)OC)c2c3cc(ccc31)-c1csc(n1)C[C@H](NC(=O)[C@H](C(C)C)N(C)C(=O)N1CC(O)(CN(C)C)C1)C(=O)N1CCCC(C=O)(COCC(C)(C)C2)N1. The first-order valence-corrected chi connectivity index (χ1v) is 23.6. The van der Waals surface area contributed by atoms with Crippen molar-refractivity contribution in [3.8, 4) is 22.5 Å². The molecule has 0 saturated carbocycles. The quantitative estimate of drug-likeness (QED) is 0.174. The summed E-state index contributed by atoms with van der Waals surface area (Å²) in [4.78, 5) is 70.7. The molecule has 3 aliphatic rings. The van der Waals surface area contributed by atoms with Gasteiger partial charge < -0.3 is 44.0 Å². The Kier molecular flexibility index (Phi) is 14.2. The van der Waals surface area contributed by atoms with Gasteiger partial charge >= 0.3 is 6.03 Å². The van der Waals surface area contributed by atoms with Crippen molar-refractivity contribution >= 4 is 46.4 Å². The maximum atomic E-state index is 14.7. The smallest absolute Gasteiger partial charge is 0.320 e. The molecule has 1 unspecified atom stereocenters. The van der Waals surface area contributed by atoms with E-state index < -0.39 is 40.5 Å². The lowest BCUT2D eigenvalue weighted by Crippen LogP contribution is -2.70. The van der Waals surface area contributed by atoms with Crippen LogP contribution in [0.1, 0.15) is 76.8 Å². The van der Waals surface area contributed by atoms with E-state index in [2.05, 4.69) is 60.3 Å². The number of nitrogens with one attached hydrogen (secondary N) is 2. The lowest BCUT2D eigenvalue weighted by atomic mass is 9.84. The van der Waals surface area contributed by atoms with Gasteiger partial charge in [0.15, 0.2) is 0 Å². The van der Waals surface area contributed by atoms with Crippen LogP contribution in [0.2, 0.25) is 0 Å². The van der Waals surface area contributed by atoms with Crippen LogP contribution < -0.4 is 10.7 Å². The van der Waals surface area contributed by atoms with Crippen LogP contribution in [0.5, 0.6) is 0 Å². The Labute approximate surface area is 386 Å². The number of amides is 4. The summed E-state index contributed by atoms with van der Waals surface area (Å²) in [5.41, 5.74) is 7.41. The van der Waals surface area contributed by atoms with Crippen molar-refractivity contribution in [2.45, 2.75) is 103 Å². The normalized spacial score (nSPS) is 22.0. The highest BCUT2D eigenvalue weighted by Crippen LogP contribution is 2.42. The number of hydrogen-bond donors (Lipinski definition) is 3. The number of nitrogens with zero attached hydrogens (tertiary/aromatic N) is 7. The number of hydrogen-bond acceptors (Lipinski definition) is 12.